The van der Waals surface area contributed by atoms with Crippen LogP contribution in [0.5, 0.6) is 11.6 Å². The van der Waals surface area contributed by atoms with E-state index in [1.807, 2.05) is 28.0 Å². The van der Waals surface area contributed by atoms with Gasteiger partial charge < -0.3 is 30.0 Å². The maximum Gasteiger partial charge on any atom is 0.329 e. The molecular formula is C26H23FIN5O5S. The van der Waals surface area contributed by atoms with Crippen molar-refractivity contribution in [1.82, 2.24) is 24.5 Å². The Morgan fingerprint density at radius 1 is 1.15 bits per heavy atom. The first kappa shape index (κ1) is 27.1. The molecule has 2 atom stereocenters. The molecule has 5 N–H and O–H groups in total. The highest BCUT2D eigenvalue weighted by atomic mass is 127. The van der Waals surface area contributed by atoms with Crippen LogP contribution in [0.3, 0.4) is 0 Å². The standard InChI is InChI=1S/C26H23FIN5O5S/c27-20-7-15(28)3-6-19(20)21-9-29-24(31-21)22(8-16-12-39-13-30-16)33-25(36)23(32-26(33)37)14-1-4-18(5-2-14)38-11-17(35)10-34/h1-7,9,12-13,17,22,34-36H,8,10-11H2,(H,29,31)(H,32,37)/t17-,22+/m1/s1. The maximum absolute atomic E-state index is 14.6. The van der Waals surface area contributed by atoms with Gasteiger partial charge in [0.15, 0.2) is 0 Å². The summed E-state index contributed by atoms with van der Waals surface area (Å²) in [6, 6.07) is 10.6. The number of thiazole rings is 1. The lowest BCUT2D eigenvalue weighted by atomic mass is 10.1. The number of hydrogen-bond acceptors (Lipinski definition) is 8. The Morgan fingerprint density at radius 2 is 1.95 bits per heavy atom. The van der Waals surface area contributed by atoms with Crippen LogP contribution in [-0.2, 0) is 6.42 Å². The topological polar surface area (TPSA) is 149 Å². The molecule has 0 saturated carbocycles. The van der Waals surface area contributed by atoms with Gasteiger partial charge in [0.2, 0.25) is 5.88 Å². The summed E-state index contributed by atoms with van der Waals surface area (Å²) in [7, 11) is 0. The van der Waals surface area contributed by atoms with E-state index in [0.717, 1.165) is 3.57 Å². The number of aromatic hydroxyl groups is 1. The van der Waals surface area contributed by atoms with Crippen molar-refractivity contribution in [1.29, 1.82) is 0 Å². The zero-order valence-electron chi connectivity index (χ0n) is 20.2. The summed E-state index contributed by atoms with van der Waals surface area (Å²) in [6.07, 6.45) is 0.741. The fraction of sp³-hybridized carbons (Fsp3) is 0.192. The minimum absolute atomic E-state index is 0.0795. The van der Waals surface area contributed by atoms with Gasteiger partial charge in [-0.05, 0) is 65.1 Å². The second-order valence-electron chi connectivity index (χ2n) is 8.68. The van der Waals surface area contributed by atoms with Crippen LogP contribution in [0.15, 0.2) is 64.3 Å². The first-order chi connectivity index (χ1) is 18.8. The summed E-state index contributed by atoms with van der Waals surface area (Å²) in [5.74, 6) is 0.0864. The number of hydrogen-bond donors (Lipinski definition) is 5. The van der Waals surface area contributed by atoms with Crippen LogP contribution in [0.4, 0.5) is 4.39 Å². The summed E-state index contributed by atoms with van der Waals surface area (Å²) < 4.78 is 22.0. The highest BCUT2D eigenvalue weighted by Gasteiger charge is 2.27. The van der Waals surface area contributed by atoms with Gasteiger partial charge in [-0.1, -0.05) is 0 Å². The van der Waals surface area contributed by atoms with E-state index in [4.69, 9.17) is 9.84 Å². The van der Waals surface area contributed by atoms with Gasteiger partial charge in [-0.3, -0.25) is 4.57 Å². The van der Waals surface area contributed by atoms with Crippen molar-refractivity contribution < 1.29 is 24.4 Å². The van der Waals surface area contributed by atoms with E-state index in [9.17, 15) is 19.4 Å². The lowest BCUT2D eigenvalue weighted by Gasteiger charge is -2.16. The van der Waals surface area contributed by atoms with Crippen molar-refractivity contribution >= 4 is 33.9 Å². The van der Waals surface area contributed by atoms with Crippen molar-refractivity contribution in [2.24, 2.45) is 0 Å². The fourth-order valence-electron chi connectivity index (χ4n) is 4.09. The Morgan fingerprint density at radius 3 is 2.64 bits per heavy atom. The highest BCUT2D eigenvalue weighted by molar-refractivity contribution is 14.1. The Kier molecular flexibility index (Phi) is 8.11. The number of aromatic amines is 2. The number of rotatable bonds is 10. The molecule has 0 amide bonds. The van der Waals surface area contributed by atoms with Gasteiger partial charge in [0.1, 0.15) is 41.8 Å². The Hall–Kier alpha value is -3.53. The van der Waals surface area contributed by atoms with Gasteiger partial charge in [-0.15, -0.1) is 11.3 Å². The molecule has 202 valence electrons. The van der Waals surface area contributed by atoms with E-state index in [2.05, 4.69) is 19.9 Å². The van der Waals surface area contributed by atoms with Gasteiger partial charge in [0, 0.05) is 26.5 Å². The molecule has 0 aliphatic heterocycles. The van der Waals surface area contributed by atoms with Crippen molar-refractivity contribution in [2.75, 3.05) is 13.2 Å². The highest BCUT2D eigenvalue weighted by Crippen LogP contribution is 2.33. The number of halogens is 2. The molecule has 5 rings (SSSR count). The molecule has 0 bridgehead atoms. The van der Waals surface area contributed by atoms with E-state index in [1.54, 1.807) is 41.9 Å². The average Bonchev–Trinajstić information content (AvgIpc) is 3.68. The number of ether oxygens (including phenoxy) is 1. The Labute approximate surface area is 238 Å². The third-order valence-corrected chi connectivity index (χ3v) is 7.33. The molecule has 0 unspecified atom stereocenters. The summed E-state index contributed by atoms with van der Waals surface area (Å²) in [4.78, 5) is 27.8. The van der Waals surface area contributed by atoms with Crippen LogP contribution in [0.2, 0.25) is 0 Å². The molecule has 0 aliphatic carbocycles. The van der Waals surface area contributed by atoms with Crippen molar-refractivity contribution in [3.05, 3.63) is 90.9 Å². The smallest absolute Gasteiger partial charge is 0.329 e. The lowest BCUT2D eigenvalue weighted by Crippen LogP contribution is -2.25. The van der Waals surface area contributed by atoms with Crippen molar-refractivity contribution in [2.45, 2.75) is 18.6 Å². The minimum atomic E-state index is -1.00. The van der Waals surface area contributed by atoms with Gasteiger partial charge in [0.25, 0.3) is 0 Å². The van der Waals surface area contributed by atoms with Crippen LogP contribution in [0, 0.1) is 9.39 Å². The summed E-state index contributed by atoms with van der Waals surface area (Å²) >= 11 is 3.44. The summed E-state index contributed by atoms with van der Waals surface area (Å²) in [6.45, 7) is -0.497. The molecule has 10 nitrogen and oxygen atoms in total. The van der Waals surface area contributed by atoms with E-state index in [1.165, 1.54) is 28.2 Å². The van der Waals surface area contributed by atoms with Gasteiger partial charge >= 0.3 is 5.69 Å². The quantitative estimate of drug-likeness (QED) is 0.143. The lowest BCUT2D eigenvalue weighted by molar-refractivity contribution is 0.0536. The summed E-state index contributed by atoms with van der Waals surface area (Å²) in [5.41, 5.74) is 3.30. The van der Waals surface area contributed by atoms with E-state index in [-0.39, 0.29) is 24.6 Å². The molecule has 13 heteroatoms. The molecular weight excluding hydrogens is 640 g/mol. The normalized spacial score (nSPS) is 12.9. The third kappa shape index (κ3) is 5.90. The number of aromatic nitrogens is 5. The Bertz CT molecular complexity index is 1620. The fourth-order valence-corrected chi connectivity index (χ4v) is 5.11. The number of aliphatic hydroxyl groups excluding tert-OH is 2. The number of H-pyrrole nitrogens is 2. The molecule has 0 spiro atoms. The number of benzene rings is 2. The van der Waals surface area contributed by atoms with Gasteiger partial charge in [-0.25, -0.2) is 19.2 Å². The molecule has 3 heterocycles. The van der Waals surface area contributed by atoms with Gasteiger partial charge in [-0.2, -0.15) is 0 Å². The minimum Gasteiger partial charge on any atom is -0.493 e. The van der Waals surface area contributed by atoms with Crippen molar-refractivity contribution in [3.63, 3.8) is 0 Å². The number of imidazole rings is 2. The second-order valence-corrected chi connectivity index (χ2v) is 10.6. The zero-order valence-corrected chi connectivity index (χ0v) is 23.2. The van der Waals surface area contributed by atoms with Crippen molar-refractivity contribution in [3.8, 4) is 34.1 Å². The second kappa shape index (κ2) is 11.7. The number of nitrogens with one attached hydrogen (secondary N) is 2. The predicted octanol–water partition coefficient (Wildman–Crippen LogP) is 3.70. The maximum atomic E-state index is 14.6. The molecule has 0 radical (unpaired) electrons. The molecule has 0 fully saturated rings. The molecule has 0 aliphatic rings. The zero-order chi connectivity index (χ0) is 27.5. The molecule has 0 saturated heterocycles. The van der Waals surface area contributed by atoms with Crippen LogP contribution in [-0.4, -0.2) is 59.1 Å². The average molecular weight is 663 g/mol. The Balaban J connectivity index is 1.50. The third-order valence-electron chi connectivity index (χ3n) is 6.03. The van der Waals surface area contributed by atoms with E-state index >= 15 is 0 Å². The first-order valence-electron chi connectivity index (χ1n) is 11.8. The first-order valence-corrected chi connectivity index (χ1v) is 13.8. The van der Waals surface area contributed by atoms with E-state index in [0.29, 0.717) is 34.1 Å². The molecule has 2 aromatic carbocycles. The molecule has 5 aromatic rings. The predicted molar refractivity (Wildman–Crippen MR) is 151 cm³/mol. The van der Waals surface area contributed by atoms with Crippen LogP contribution in [0.1, 0.15) is 17.6 Å². The SMILES string of the molecule is O=c1[nH]c(-c2ccc(OC[C@H](O)CO)cc2)c(O)n1[C@@H](Cc1cscn1)c1ncc(-c2ccc(I)cc2F)[nH]1. The number of nitrogens with zero attached hydrogens (tertiary/aromatic N) is 3. The van der Waals surface area contributed by atoms with E-state index < -0.39 is 30.3 Å². The van der Waals surface area contributed by atoms with Crippen LogP contribution >= 0.6 is 33.9 Å². The monoisotopic (exact) mass is 663 g/mol. The summed E-state index contributed by atoms with van der Waals surface area (Å²) in [5, 5.41) is 31.5. The molecule has 39 heavy (non-hydrogen) atoms. The number of aliphatic hydroxyl groups is 2. The van der Waals surface area contributed by atoms with Crippen LogP contribution in [0.25, 0.3) is 22.5 Å². The molecule has 3 aromatic heterocycles. The van der Waals surface area contributed by atoms with Crippen LogP contribution < -0.4 is 10.4 Å². The largest absolute Gasteiger partial charge is 0.493 e. The van der Waals surface area contributed by atoms with Gasteiger partial charge in [0.05, 0.1) is 29.7 Å².